The normalized spacial score (nSPS) is 10.7. The summed E-state index contributed by atoms with van der Waals surface area (Å²) in [5, 5.41) is 5.03. The zero-order chi connectivity index (χ0) is 11.0. The van der Waals surface area contributed by atoms with Gasteiger partial charge in [0.25, 0.3) is 0 Å². The first-order valence-electron chi connectivity index (χ1n) is 4.60. The Morgan fingerprint density at radius 1 is 1.27 bits per heavy atom. The topological polar surface area (TPSA) is 17.8 Å². The van der Waals surface area contributed by atoms with Gasteiger partial charge in [0, 0.05) is 10.6 Å². The zero-order valence-corrected chi connectivity index (χ0v) is 10.2. The fraction of sp³-hybridized carbons (Fsp3) is 0.182. The first kappa shape index (κ1) is 10.6. The Kier molecular flexibility index (Phi) is 2.76. The van der Waals surface area contributed by atoms with Gasteiger partial charge < -0.3 is 0 Å². The molecule has 0 N–H and O–H groups in total. The van der Waals surface area contributed by atoms with Crippen molar-refractivity contribution in [2.45, 2.75) is 18.7 Å². The van der Waals surface area contributed by atoms with Crippen LogP contribution < -0.4 is 0 Å². The lowest BCUT2D eigenvalue weighted by molar-refractivity contribution is 0.832. The molecule has 0 saturated carbocycles. The van der Waals surface area contributed by atoms with Crippen LogP contribution in [-0.2, 0) is 0 Å². The van der Waals surface area contributed by atoms with Gasteiger partial charge in [0.15, 0.2) is 0 Å². The molecule has 1 heterocycles. The second-order valence-electron chi connectivity index (χ2n) is 3.47. The van der Waals surface area contributed by atoms with Gasteiger partial charge in [-0.2, -0.15) is 5.10 Å². The highest BCUT2D eigenvalue weighted by Gasteiger charge is 2.05. The van der Waals surface area contributed by atoms with E-state index in [0.717, 1.165) is 22.0 Å². The molecule has 1 aromatic carbocycles. The van der Waals surface area contributed by atoms with Crippen molar-refractivity contribution in [3.05, 3.63) is 40.7 Å². The van der Waals surface area contributed by atoms with Gasteiger partial charge in [-0.15, -0.1) is 12.6 Å². The average molecular weight is 239 g/mol. The fourth-order valence-electron chi connectivity index (χ4n) is 1.52. The van der Waals surface area contributed by atoms with Gasteiger partial charge >= 0.3 is 0 Å². The monoisotopic (exact) mass is 238 g/mol. The largest absolute Gasteiger partial charge is 0.238 e. The van der Waals surface area contributed by atoms with Crippen molar-refractivity contribution >= 4 is 24.2 Å². The van der Waals surface area contributed by atoms with E-state index in [1.165, 1.54) is 0 Å². The van der Waals surface area contributed by atoms with Crippen molar-refractivity contribution < 1.29 is 0 Å². The Morgan fingerprint density at radius 3 is 2.53 bits per heavy atom. The van der Waals surface area contributed by atoms with E-state index in [2.05, 4.69) is 17.7 Å². The minimum Gasteiger partial charge on any atom is -0.238 e. The second-order valence-corrected chi connectivity index (χ2v) is 4.36. The minimum absolute atomic E-state index is 0.642. The number of rotatable bonds is 1. The molecule has 0 spiro atoms. The lowest BCUT2D eigenvalue weighted by Crippen LogP contribution is -1.98. The number of aryl methyl sites for hydroxylation is 2. The van der Waals surface area contributed by atoms with Crippen molar-refractivity contribution in [2.75, 3.05) is 0 Å². The number of nitrogens with zero attached hydrogens (tertiary/aromatic N) is 2. The summed E-state index contributed by atoms with van der Waals surface area (Å²) in [5.41, 5.74) is 3.05. The van der Waals surface area contributed by atoms with Crippen molar-refractivity contribution in [3.63, 3.8) is 0 Å². The van der Waals surface area contributed by atoms with Crippen LogP contribution >= 0.6 is 24.2 Å². The van der Waals surface area contributed by atoms with Gasteiger partial charge in [0.2, 0.25) is 0 Å². The molecule has 0 aliphatic carbocycles. The van der Waals surface area contributed by atoms with Gasteiger partial charge in [-0.05, 0) is 38.1 Å². The van der Waals surface area contributed by atoms with Gasteiger partial charge in [0.05, 0.1) is 16.4 Å². The van der Waals surface area contributed by atoms with E-state index in [-0.39, 0.29) is 0 Å². The zero-order valence-electron chi connectivity index (χ0n) is 8.53. The summed E-state index contributed by atoms with van der Waals surface area (Å²) >= 11 is 10.2. The number of hydrogen-bond donors (Lipinski definition) is 1. The summed E-state index contributed by atoms with van der Waals surface area (Å²) in [6.45, 7) is 3.99. The van der Waals surface area contributed by atoms with Gasteiger partial charge in [0.1, 0.15) is 0 Å². The molecule has 0 aliphatic heterocycles. The molecule has 15 heavy (non-hydrogen) atoms. The Hall–Kier alpha value is -0.930. The minimum atomic E-state index is 0.642. The third-order valence-electron chi connectivity index (χ3n) is 2.19. The SMILES string of the molecule is Cc1cc(C)n(-c2ccc(S)c(Cl)c2)n1. The molecule has 0 radical (unpaired) electrons. The lowest BCUT2D eigenvalue weighted by atomic mass is 10.3. The van der Waals surface area contributed by atoms with Crippen molar-refractivity contribution in [2.24, 2.45) is 0 Å². The highest BCUT2D eigenvalue weighted by Crippen LogP contribution is 2.23. The Balaban J connectivity index is 2.54. The van der Waals surface area contributed by atoms with Crippen LogP contribution in [0.4, 0.5) is 0 Å². The average Bonchev–Trinajstić information content (AvgIpc) is 2.50. The summed E-state index contributed by atoms with van der Waals surface area (Å²) in [4.78, 5) is 0.780. The molecule has 0 aliphatic rings. The summed E-state index contributed by atoms with van der Waals surface area (Å²) in [7, 11) is 0. The molecule has 0 unspecified atom stereocenters. The van der Waals surface area contributed by atoms with Crippen LogP contribution in [0.1, 0.15) is 11.4 Å². The molecule has 0 amide bonds. The third kappa shape index (κ3) is 2.03. The maximum Gasteiger partial charge on any atom is 0.0664 e. The first-order valence-corrected chi connectivity index (χ1v) is 5.42. The molecule has 0 atom stereocenters. The van der Waals surface area contributed by atoms with Crippen LogP contribution in [0, 0.1) is 13.8 Å². The first-order chi connectivity index (χ1) is 7.08. The molecule has 4 heteroatoms. The van der Waals surface area contributed by atoms with E-state index in [9.17, 15) is 0 Å². The summed E-state index contributed by atoms with van der Waals surface area (Å²) in [6.07, 6.45) is 0. The van der Waals surface area contributed by atoms with Gasteiger partial charge in [-0.1, -0.05) is 11.6 Å². The van der Waals surface area contributed by atoms with Crippen LogP contribution in [0.2, 0.25) is 5.02 Å². The Morgan fingerprint density at radius 2 is 2.00 bits per heavy atom. The van der Waals surface area contributed by atoms with Gasteiger partial charge in [-0.3, -0.25) is 0 Å². The predicted octanol–water partition coefficient (Wildman–Crippen LogP) is 3.43. The molecule has 2 nitrogen and oxygen atoms in total. The van der Waals surface area contributed by atoms with Crippen LogP contribution in [0.3, 0.4) is 0 Å². The van der Waals surface area contributed by atoms with Crippen LogP contribution in [0.5, 0.6) is 0 Å². The highest BCUT2D eigenvalue weighted by atomic mass is 35.5. The number of benzene rings is 1. The number of aromatic nitrogens is 2. The standard InChI is InChI=1S/C11H11ClN2S/c1-7-5-8(2)14(13-7)9-3-4-11(15)10(12)6-9/h3-6,15H,1-2H3. The molecule has 0 saturated heterocycles. The number of thiol groups is 1. The van der Waals surface area contributed by atoms with Crippen LogP contribution in [0.25, 0.3) is 5.69 Å². The smallest absolute Gasteiger partial charge is 0.0664 e. The van der Waals surface area contributed by atoms with E-state index in [4.69, 9.17) is 11.6 Å². The number of halogens is 1. The highest BCUT2D eigenvalue weighted by molar-refractivity contribution is 7.80. The maximum absolute atomic E-state index is 6.01. The molecule has 2 rings (SSSR count). The molecule has 78 valence electrons. The van der Waals surface area contributed by atoms with Crippen molar-refractivity contribution in [1.29, 1.82) is 0 Å². The predicted molar refractivity (Wildman–Crippen MR) is 65.3 cm³/mol. The van der Waals surface area contributed by atoms with Crippen LogP contribution in [-0.4, -0.2) is 9.78 Å². The quantitative estimate of drug-likeness (QED) is 0.754. The molecule has 0 fully saturated rings. The Bertz CT molecular complexity index is 505. The van der Waals surface area contributed by atoms with E-state index < -0.39 is 0 Å². The maximum atomic E-state index is 6.01. The van der Waals surface area contributed by atoms with Crippen LogP contribution in [0.15, 0.2) is 29.2 Å². The molecule has 0 bridgehead atoms. The van der Waals surface area contributed by atoms with E-state index >= 15 is 0 Å². The lowest BCUT2D eigenvalue weighted by Gasteiger charge is -2.05. The number of hydrogen-bond acceptors (Lipinski definition) is 2. The van der Waals surface area contributed by atoms with Gasteiger partial charge in [-0.25, -0.2) is 4.68 Å². The summed E-state index contributed by atoms with van der Waals surface area (Å²) in [6, 6.07) is 7.72. The summed E-state index contributed by atoms with van der Waals surface area (Å²) in [5.74, 6) is 0. The molecular formula is C11H11ClN2S. The van der Waals surface area contributed by atoms with Crippen molar-refractivity contribution in [3.8, 4) is 5.69 Å². The Labute approximate surface area is 99.3 Å². The molecular weight excluding hydrogens is 228 g/mol. The molecule has 1 aromatic heterocycles. The van der Waals surface area contributed by atoms with E-state index in [1.54, 1.807) is 0 Å². The van der Waals surface area contributed by atoms with E-state index in [0.29, 0.717) is 5.02 Å². The summed E-state index contributed by atoms with van der Waals surface area (Å²) < 4.78 is 1.87. The van der Waals surface area contributed by atoms with Crippen molar-refractivity contribution in [1.82, 2.24) is 9.78 Å². The fourth-order valence-corrected chi connectivity index (χ4v) is 1.83. The molecule has 2 aromatic rings. The van der Waals surface area contributed by atoms with E-state index in [1.807, 2.05) is 42.8 Å². The third-order valence-corrected chi connectivity index (χ3v) is 3.02. The second kappa shape index (κ2) is 3.91.